The second-order valence-electron chi connectivity index (χ2n) is 4.60. The van der Waals surface area contributed by atoms with Crippen LogP contribution in [0.3, 0.4) is 0 Å². The van der Waals surface area contributed by atoms with Crippen LogP contribution in [0.1, 0.15) is 38.8 Å². The van der Waals surface area contributed by atoms with Crippen LogP contribution in [0.4, 0.5) is 0 Å². The first-order valence-electron chi connectivity index (χ1n) is 4.91. The lowest BCUT2D eigenvalue weighted by Crippen LogP contribution is -2.11. The van der Waals surface area contributed by atoms with E-state index < -0.39 is 0 Å². The van der Waals surface area contributed by atoms with Gasteiger partial charge in [0.2, 0.25) is 0 Å². The predicted octanol–water partition coefficient (Wildman–Crippen LogP) is 2.96. The molecule has 0 radical (unpaired) electrons. The van der Waals surface area contributed by atoms with Gasteiger partial charge in [-0.1, -0.05) is 27.7 Å². The molecule has 0 spiro atoms. The summed E-state index contributed by atoms with van der Waals surface area (Å²) in [6.07, 6.45) is 0.726. The molecule has 0 aliphatic heterocycles. The number of hydrogen-bond acceptors (Lipinski definition) is 2. The van der Waals surface area contributed by atoms with E-state index in [-0.39, 0.29) is 11.2 Å². The van der Waals surface area contributed by atoms with Crippen molar-refractivity contribution in [3.63, 3.8) is 0 Å². The maximum atomic E-state index is 9.94. The first-order chi connectivity index (χ1) is 6.36. The molecule has 0 aliphatic rings. The average Bonchev–Trinajstić information content (AvgIpc) is 2.06. The lowest BCUT2D eigenvalue weighted by Gasteiger charge is -2.22. The van der Waals surface area contributed by atoms with Gasteiger partial charge in [-0.2, -0.15) is 0 Å². The quantitative estimate of drug-likeness (QED) is 0.675. The molecule has 1 rings (SSSR count). The number of benzene rings is 1. The van der Waals surface area contributed by atoms with E-state index >= 15 is 0 Å². The van der Waals surface area contributed by atoms with Gasteiger partial charge in [-0.05, 0) is 29.5 Å². The Balaban J connectivity index is 3.37. The highest BCUT2D eigenvalue weighted by Crippen LogP contribution is 2.36. The molecule has 2 nitrogen and oxygen atoms in total. The standard InChI is InChI=1S/C12H18O2/c1-5-8-6-9(13)7-10(11(8)14)12(2,3)4/h6-7,13-14H,5H2,1-4H3. The lowest BCUT2D eigenvalue weighted by molar-refractivity contribution is 0.429. The van der Waals surface area contributed by atoms with E-state index in [0.717, 1.165) is 17.5 Å². The van der Waals surface area contributed by atoms with Gasteiger partial charge in [0.15, 0.2) is 0 Å². The third kappa shape index (κ3) is 2.00. The van der Waals surface area contributed by atoms with E-state index in [4.69, 9.17) is 0 Å². The molecule has 0 fully saturated rings. The fraction of sp³-hybridized carbons (Fsp3) is 0.500. The number of aromatic hydroxyl groups is 2. The van der Waals surface area contributed by atoms with Crippen molar-refractivity contribution in [3.05, 3.63) is 23.3 Å². The SMILES string of the molecule is CCc1cc(O)cc(C(C)(C)C)c1O. The van der Waals surface area contributed by atoms with Crippen molar-refractivity contribution in [3.8, 4) is 11.5 Å². The molecule has 2 N–H and O–H groups in total. The Morgan fingerprint density at radius 1 is 1.14 bits per heavy atom. The summed E-state index contributed by atoms with van der Waals surface area (Å²) in [4.78, 5) is 0. The summed E-state index contributed by atoms with van der Waals surface area (Å²) in [7, 11) is 0. The van der Waals surface area contributed by atoms with Crippen molar-refractivity contribution in [2.24, 2.45) is 0 Å². The van der Waals surface area contributed by atoms with Gasteiger partial charge in [0.25, 0.3) is 0 Å². The zero-order valence-electron chi connectivity index (χ0n) is 9.26. The molecule has 0 amide bonds. The number of phenolic OH excluding ortho intramolecular Hbond substituents is 2. The first kappa shape index (κ1) is 10.9. The molecule has 0 aromatic heterocycles. The summed E-state index contributed by atoms with van der Waals surface area (Å²) in [6, 6.07) is 3.25. The molecular formula is C12H18O2. The molecule has 1 aromatic carbocycles. The van der Waals surface area contributed by atoms with Crippen LogP contribution in [-0.2, 0) is 11.8 Å². The van der Waals surface area contributed by atoms with Gasteiger partial charge < -0.3 is 10.2 Å². The molecule has 1 aromatic rings. The monoisotopic (exact) mass is 194 g/mol. The lowest BCUT2D eigenvalue weighted by atomic mass is 9.84. The van der Waals surface area contributed by atoms with Crippen molar-refractivity contribution in [1.82, 2.24) is 0 Å². The highest BCUT2D eigenvalue weighted by atomic mass is 16.3. The van der Waals surface area contributed by atoms with Crippen LogP contribution in [0, 0.1) is 0 Å². The minimum Gasteiger partial charge on any atom is -0.508 e. The van der Waals surface area contributed by atoms with Crippen molar-refractivity contribution in [2.75, 3.05) is 0 Å². The van der Waals surface area contributed by atoms with Crippen LogP contribution in [0.15, 0.2) is 12.1 Å². The van der Waals surface area contributed by atoms with Crippen molar-refractivity contribution in [1.29, 1.82) is 0 Å². The Labute approximate surface area is 85.2 Å². The Morgan fingerprint density at radius 3 is 2.14 bits per heavy atom. The molecule has 0 unspecified atom stereocenters. The van der Waals surface area contributed by atoms with Crippen molar-refractivity contribution in [2.45, 2.75) is 39.5 Å². The van der Waals surface area contributed by atoms with Crippen LogP contribution in [0.25, 0.3) is 0 Å². The summed E-state index contributed by atoms with van der Waals surface area (Å²) in [5.74, 6) is 0.544. The predicted molar refractivity (Wildman–Crippen MR) is 57.8 cm³/mol. The zero-order chi connectivity index (χ0) is 10.9. The molecule has 0 bridgehead atoms. The molecule has 0 saturated carbocycles. The first-order valence-corrected chi connectivity index (χ1v) is 4.91. The van der Waals surface area contributed by atoms with Crippen LogP contribution in [0.2, 0.25) is 0 Å². The summed E-state index contributed by atoms with van der Waals surface area (Å²) in [6.45, 7) is 8.00. The zero-order valence-corrected chi connectivity index (χ0v) is 9.26. The van der Waals surface area contributed by atoms with E-state index in [1.54, 1.807) is 12.1 Å². The van der Waals surface area contributed by atoms with Crippen molar-refractivity contribution < 1.29 is 10.2 Å². The fourth-order valence-electron chi connectivity index (χ4n) is 1.52. The van der Waals surface area contributed by atoms with Crippen LogP contribution in [0.5, 0.6) is 11.5 Å². The maximum absolute atomic E-state index is 9.94. The molecule has 0 aliphatic carbocycles. The summed E-state index contributed by atoms with van der Waals surface area (Å²) >= 11 is 0. The van der Waals surface area contributed by atoms with Gasteiger partial charge >= 0.3 is 0 Å². The van der Waals surface area contributed by atoms with Gasteiger partial charge in [0, 0.05) is 5.56 Å². The number of rotatable bonds is 1. The molecular weight excluding hydrogens is 176 g/mol. The topological polar surface area (TPSA) is 40.5 Å². The third-order valence-electron chi connectivity index (χ3n) is 2.36. The van der Waals surface area contributed by atoms with E-state index in [9.17, 15) is 10.2 Å². The third-order valence-corrected chi connectivity index (χ3v) is 2.36. The van der Waals surface area contributed by atoms with Crippen LogP contribution < -0.4 is 0 Å². The fourth-order valence-corrected chi connectivity index (χ4v) is 1.52. The van der Waals surface area contributed by atoms with Gasteiger partial charge in [-0.15, -0.1) is 0 Å². The number of phenols is 2. The average molecular weight is 194 g/mol. The Kier molecular flexibility index (Phi) is 2.74. The molecule has 0 atom stereocenters. The van der Waals surface area contributed by atoms with E-state index in [1.807, 2.05) is 27.7 Å². The molecule has 0 heterocycles. The minimum atomic E-state index is -0.146. The van der Waals surface area contributed by atoms with Gasteiger partial charge in [0.05, 0.1) is 0 Å². The van der Waals surface area contributed by atoms with E-state index in [2.05, 4.69) is 0 Å². The smallest absolute Gasteiger partial charge is 0.122 e. The van der Waals surface area contributed by atoms with E-state index in [0.29, 0.717) is 5.75 Å². The summed E-state index contributed by atoms with van der Waals surface area (Å²) < 4.78 is 0. The molecule has 14 heavy (non-hydrogen) atoms. The highest BCUT2D eigenvalue weighted by molar-refractivity contribution is 5.48. The number of hydrogen-bond donors (Lipinski definition) is 2. The van der Waals surface area contributed by atoms with Gasteiger partial charge in [-0.3, -0.25) is 0 Å². The Hall–Kier alpha value is -1.18. The van der Waals surface area contributed by atoms with Gasteiger partial charge in [-0.25, -0.2) is 0 Å². The second-order valence-corrected chi connectivity index (χ2v) is 4.60. The van der Waals surface area contributed by atoms with Crippen LogP contribution >= 0.6 is 0 Å². The molecule has 2 heteroatoms. The molecule has 0 saturated heterocycles. The summed E-state index contributed by atoms with van der Waals surface area (Å²) in [5, 5.41) is 19.4. The Bertz CT molecular complexity index is 335. The largest absolute Gasteiger partial charge is 0.508 e. The van der Waals surface area contributed by atoms with Gasteiger partial charge in [0.1, 0.15) is 11.5 Å². The normalized spacial score (nSPS) is 11.7. The van der Waals surface area contributed by atoms with E-state index in [1.165, 1.54) is 0 Å². The highest BCUT2D eigenvalue weighted by Gasteiger charge is 2.20. The maximum Gasteiger partial charge on any atom is 0.122 e. The van der Waals surface area contributed by atoms with Crippen LogP contribution in [-0.4, -0.2) is 10.2 Å². The minimum absolute atomic E-state index is 0.146. The van der Waals surface area contributed by atoms with Crippen molar-refractivity contribution >= 4 is 0 Å². The number of aryl methyl sites for hydroxylation is 1. The molecule has 78 valence electrons. The second kappa shape index (κ2) is 3.52. The summed E-state index contributed by atoms with van der Waals surface area (Å²) in [5.41, 5.74) is 1.46. The Morgan fingerprint density at radius 2 is 1.71 bits per heavy atom.